The van der Waals surface area contributed by atoms with Gasteiger partial charge in [0.05, 0.1) is 17.4 Å². The van der Waals surface area contributed by atoms with Crippen LogP contribution in [0.2, 0.25) is 0 Å². The molecule has 10 heteroatoms. The lowest BCUT2D eigenvalue weighted by Crippen LogP contribution is -2.43. The number of carbonyl (C=O) groups is 2. The number of likely N-dealkylation sites (N-methyl/N-ethyl adjacent to an activating group) is 1. The molecule has 1 aliphatic heterocycles. The molecule has 0 radical (unpaired) electrons. The van der Waals surface area contributed by atoms with E-state index >= 15 is 0 Å². The number of thiophene rings is 1. The van der Waals surface area contributed by atoms with Gasteiger partial charge in [0.15, 0.2) is 6.61 Å². The summed E-state index contributed by atoms with van der Waals surface area (Å²) in [4.78, 5) is 27.1. The number of hydrogen-bond acceptors (Lipinski definition) is 6. The molecule has 162 valence electrons. The Morgan fingerprint density at radius 1 is 1.27 bits per heavy atom. The smallest absolute Gasteiger partial charge is 0.310 e. The van der Waals surface area contributed by atoms with Gasteiger partial charge in [-0.1, -0.05) is 6.07 Å². The Hall–Kier alpha value is -2.30. The second kappa shape index (κ2) is 9.67. The first-order valence-corrected chi connectivity index (χ1v) is 11.8. The van der Waals surface area contributed by atoms with Gasteiger partial charge in [0.2, 0.25) is 10.0 Å². The number of rotatable bonds is 7. The van der Waals surface area contributed by atoms with Crippen LogP contribution in [-0.4, -0.2) is 56.2 Å². The van der Waals surface area contributed by atoms with Crippen LogP contribution >= 0.6 is 11.3 Å². The minimum Gasteiger partial charge on any atom is -0.455 e. The summed E-state index contributed by atoms with van der Waals surface area (Å²) in [5.74, 6) is -2.10. The zero-order chi connectivity index (χ0) is 21.7. The Morgan fingerprint density at radius 3 is 2.67 bits per heavy atom. The molecule has 3 rings (SSSR count). The van der Waals surface area contributed by atoms with Crippen LogP contribution in [0, 0.1) is 11.7 Å². The zero-order valence-electron chi connectivity index (χ0n) is 16.5. The highest BCUT2D eigenvalue weighted by Gasteiger charge is 2.34. The first-order chi connectivity index (χ1) is 14.3. The molecule has 1 atom stereocenters. The molecule has 1 unspecified atom stereocenters. The third kappa shape index (κ3) is 5.44. The average molecular weight is 455 g/mol. The molecular formula is C20H23FN2O5S2. The third-order valence-corrected chi connectivity index (χ3v) is 7.65. The summed E-state index contributed by atoms with van der Waals surface area (Å²) < 4.78 is 45.0. The lowest BCUT2D eigenvalue weighted by atomic mass is 10.00. The fraction of sp³-hybridized carbons (Fsp3) is 0.400. The number of ether oxygens (including phenoxy) is 1. The average Bonchev–Trinajstić information content (AvgIpc) is 3.25. The van der Waals surface area contributed by atoms with E-state index in [4.69, 9.17) is 4.74 Å². The molecular weight excluding hydrogens is 431 g/mol. The van der Waals surface area contributed by atoms with Crippen LogP contribution < -0.4 is 0 Å². The number of carbonyl (C=O) groups excluding carboxylic acids is 2. The summed E-state index contributed by atoms with van der Waals surface area (Å²) in [6, 6.07) is 8.39. The highest BCUT2D eigenvalue weighted by atomic mass is 32.2. The van der Waals surface area contributed by atoms with E-state index in [-0.39, 0.29) is 30.5 Å². The second-order valence-electron chi connectivity index (χ2n) is 7.09. The quantitative estimate of drug-likeness (QED) is 0.600. The molecule has 2 heterocycles. The number of sulfonamides is 1. The zero-order valence-corrected chi connectivity index (χ0v) is 18.1. The van der Waals surface area contributed by atoms with Gasteiger partial charge in [-0.25, -0.2) is 12.8 Å². The maximum atomic E-state index is 13.1. The molecule has 0 N–H and O–H groups in total. The Labute approximate surface area is 179 Å². The van der Waals surface area contributed by atoms with Gasteiger partial charge in [-0.05, 0) is 48.6 Å². The van der Waals surface area contributed by atoms with Gasteiger partial charge in [0.1, 0.15) is 5.82 Å². The van der Waals surface area contributed by atoms with Gasteiger partial charge in [0, 0.05) is 25.0 Å². The Balaban J connectivity index is 1.55. The molecule has 30 heavy (non-hydrogen) atoms. The van der Waals surface area contributed by atoms with Crippen molar-refractivity contribution >= 4 is 33.2 Å². The predicted molar refractivity (Wildman–Crippen MR) is 110 cm³/mol. The van der Waals surface area contributed by atoms with Crippen molar-refractivity contribution in [2.75, 3.05) is 26.7 Å². The van der Waals surface area contributed by atoms with Gasteiger partial charge in [-0.15, -0.1) is 11.3 Å². The van der Waals surface area contributed by atoms with Crippen molar-refractivity contribution in [3.63, 3.8) is 0 Å². The van der Waals surface area contributed by atoms with Crippen molar-refractivity contribution in [1.82, 2.24) is 9.21 Å². The van der Waals surface area contributed by atoms with Crippen molar-refractivity contribution < 1.29 is 27.1 Å². The van der Waals surface area contributed by atoms with E-state index in [9.17, 15) is 22.4 Å². The minimum atomic E-state index is -3.83. The number of amides is 1. The van der Waals surface area contributed by atoms with Crippen LogP contribution in [0.5, 0.6) is 0 Å². The Bertz CT molecular complexity index is 977. The maximum Gasteiger partial charge on any atom is 0.310 e. The summed E-state index contributed by atoms with van der Waals surface area (Å²) in [6.07, 6.45) is 0.972. The highest BCUT2D eigenvalue weighted by molar-refractivity contribution is 7.89. The molecule has 1 aromatic carbocycles. The van der Waals surface area contributed by atoms with E-state index in [1.54, 1.807) is 7.05 Å². The lowest BCUT2D eigenvalue weighted by Gasteiger charge is -2.30. The van der Waals surface area contributed by atoms with E-state index < -0.39 is 27.7 Å². The van der Waals surface area contributed by atoms with Crippen molar-refractivity contribution in [3.8, 4) is 0 Å². The van der Waals surface area contributed by atoms with E-state index in [2.05, 4.69) is 0 Å². The third-order valence-electron chi connectivity index (χ3n) is 4.91. The standard InChI is InChI=1S/C20H23FN2O5S2/c1-22(13-17-5-3-11-29-17)19(24)14-28-20(25)15-4-2-10-23(12-15)30(26,27)18-8-6-16(21)7-9-18/h3,5-9,11,15H,2,4,10,12-14H2,1H3. The predicted octanol–water partition coefficient (Wildman–Crippen LogP) is 2.49. The molecule has 1 saturated heterocycles. The normalized spacial score (nSPS) is 17.5. The fourth-order valence-corrected chi connectivity index (χ4v) is 5.48. The summed E-state index contributed by atoms with van der Waals surface area (Å²) in [5.41, 5.74) is 0. The topological polar surface area (TPSA) is 84.0 Å². The minimum absolute atomic E-state index is 0.0247. The number of halogens is 1. The summed E-state index contributed by atoms with van der Waals surface area (Å²) >= 11 is 1.53. The van der Waals surface area contributed by atoms with Crippen molar-refractivity contribution in [3.05, 3.63) is 52.5 Å². The van der Waals surface area contributed by atoms with E-state index in [1.165, 1.54) is 32.7 Å². The second-order valence-corrected chi connectivity index (χ2v) is 10.1. The number of nitrogens with zero attached hydrogens (tertiary/aromatic N) is 2. The van der Waals surface area contributed by atoms with E-state index in [1.807, 2.05) is 17.5 Å². The first kappa shape index (κ1) is 22.4. The monoisotopic (exact) mass is 454 g/mol. The molecule has 1 amide bonds. The van der Waals surface area contributed by atoms with Gasteiger partial charge in [0.25, 0.3) is 5.91 Å². The molecule has 0 aliphatic carbocycles. The van der Waals surface area contributed by atoms with Crippen molar-refractivity contribution in [2.24, 2.45) is 5.92 Å². The van der Waals surface area contributed by atoms with Crippen molar-refractivity contribution in [1.29, 1.82) is 0 Å². The fourth-order valence-electron chi connectivity index (χ4n) is 3.19. The van der Waals surface area contributed by atoms with Gasteiger partial charge in [-0.3, -0.25) is 9.59 Å². The molecule has 0 saturated carbocycles. The molecule has 0 bridgehead atoms. The summed E-state index contributed by atoms with van der Waals surface area (Å²) in [5, 5.41) is 1.92. The Kier molecular flexibility index (Phi) is 7.22. The number of esters is 1. The number of piperidine rings is 1. The molecule has 1 fully saturated rings. The first-order valence-electron chi connectivity index (χ1n) is 9.46. The molecule has 1 aliphatic rings. The largest absolute Gasteiger partial charge is 0.455 e. The van der Waals surface area contributed by atoms with Gasteiger partial charge in [-0.2, -0.15) is 4.31 Å². The number of benzene rings is 1. The van der Waals surface area contributed by atoms with Crippen LogP contribution in [0.25, 0.3) is 0 Å². The highest BCUT2D eigenvalue weighted by Crippen LogP contribution is 2.24. The maximum absolute atomic E-state index is 13.1. The summed E-state index contributed by atoms with van der Waals surface area (Å²) in [7, 11) is -2.20. The van der Waals surface area contributed by atoms with Crippen LogP contribution in [0.15, 0.2) is 46.7 Å². The van der Waals surface area contributed by atoms with Crippen LogP contribution in [0.3, 0.4) is 0 Å². The Morgan fingerprint density at radius 2 is 2.00 bits per heavy atom. The number of hydrogen-bond donors (Lipinski definition) is 0. The van der Waals surface area contributed by atoms with Crippen molar-refractivity contribution in [2.45, 2.75) is 24.3 Å². The van der Waals surface area contributed by atoms with Crippen LogP contribution in [0.4, 0.5) is 4.39 Å². The van der Waals surface area contributed by atoms with Crippen LogP contribution in [0.1, 0.15) is 17.7 Å². The lowest BCUT2D eigenvalue weighted by molar-refractivity contribution is -0.156. The summed E-state index contributed by atoms with van der Waals surface area (Å²) in [6.45, 7) is 0.285. The van der Waals surface area contributed by atoms with E-state index in [0.717, 1.165) is 17.0 Å². The SMILES string of the molecule is CN(Cc1cccs1)C(=O)COC(=O)C1CCCN(S(=O)(=O)c2ccc(F)cc2)C1. The molecule has 7 nitrogen and oxygen atoms in total. The molecule has 2 aromatic rings. The van der Waals surface area contributed by atoms with Crippen LogP contribution in [-0.2, 0) is 30.9 Å². The molecule has 0 spiro atoms. The molecule has 1 aromatic heterocycles. The van der Waals surface area contributed by atoms with Gasteiger partial charge < -0.3 is 9.64 Å². The van der Waals surface area contributed by atoms with Gasteiger partial charge >= 0.3 is 5.97 Å². The van der Waals surface area contributed by atoms with E-state index in [0.29, 0.717) is 19.4 Å².